The van der Waals surface area contributed by atoms with Crippen molar-refractivity contribution in [2.75, 3.05) is 5.32 Å². The molecule has 0 spiro atoms. The maximum absolute atomic E-state index is 13.4. The number of fused-ring (bicyclic) bond motifs is 1. The highest BCUT2D eigenvalue weighted by Gasteiger charge is 2.23. The number of hydrogen-bond acceptors (Lipinski definition) is 3. The molecule has 2 aromatic heterocycles. The smallest absolute Gasteiger partial charge is 0.281 e. The zero-order chi connectivity index (χ0) is 21.4. The Labute approximate surface area is 172 Å². The minimum absolute atomic E-state index is 0.240. The standard InChI is InChI=1S/C23H21FN4O2/c1-14-20-13-25-28(19-10-5-4-6-11-19)23(30)21(20)15(2)27(14)16(3)22(29)26-18-9-7-8-17(24)12-18/h4-13,16H,1-3H3,(H,26,29)/t16-/m1/s1. The molecule has 152 valence electrons. The second-order valence-electron chi connectivity index (χ2n) is 7.20. The summed E-state index contributed by atoms with van der Waals surface area (Å²) >= 11 is 0. The van der Waals surface area contributed by atoms with E-state index in [9.17, 15) is 14.0 Å². The topological polar surface area (TPSA) is 68.9 Å². The van der Waals surface area contributed by atoms with Gasteiger partial charge in [-0.3, -0.25) is 9.59 Å². The van der Waals surface area contributed by atoms with Crippen molar-refractivity contribution in [2.45, 2.75) is 26.8 Å². The average molecular weight is 404 g/mol. The van der Waals surface area contributed by atoms with Crippen LogP contribution in [0.5, 0.6) is 0 Å². The maximum Gasteiger partial charge on any atom is 0.281 e. The molecule has 1 N–H and O–H groups in total. The number of aromatic nitrogens is 3. The number of anilines is 1. The van der Waals surface area contributed by atoms with E-state index in [1.165, 1.54) is 22.9 Å². The number of nitrogens with one attached hydrogen (secondary N) is 1. The molecule has 4 aromatic rings. The number of carbonyl (C=O) groups is 1. The first kappa shape index (κ1) is 19.6. The van der Waals surface area contributed by atoms with Crippen LogP contribution in [0.3, 0.4) is 0 Å². The van der Waals surface area contributed by atoms with Crippen molar-refractivity contribution in [3.05, 3.63) is 88.4 Å². The molecular weight excluding hydrogens is 383 g/mol. The fourth-order valence-corrected chi connectivity index (χ4v) is 3.84. The maximum atomic E-state index is 13.4. The Morgan fingerprint density at radius 2 is 1.80 bits per heavy atom. The number of hydrogen-bond donors (Lipinski definition) is 1. The summed E-state index contributed by atoms with van der Waals surface area (Å²) in [4.78, 5) is 26.0. The molecule has 0 aliphatic carbocycles. The van der Waals surface area contributed by atoms with Crippen LogP contribution in [0.25, 0.3) is 16.5 Å². The van der Waals surface area contributed by atoms with Gasteiger partial charge >= 0.3 is 0 Å². The van der Waals surface area contributed by atoms with E-state index < -0.39 is 11.9 Å². The molecular formula is C23H21FN4O2. The third kappa shape index (κ3) is 3.28. The number of aryl methyl sites for hydroxylation is 2. The lowest BCUT2D eigenvalue weighted by Gasteiger charge is -2.18. The lowest BCUT2D eigenvalue weighted by Crippen LogP contribution is -2.25. The third-order valence-electron chi connectivity index (χ3n) is 5.31. The van der Waals surface area contributed by atoms with Gasteiger partial charge in [0, 0.05) is 22.5 Å². The Hall–Kier alpha value is -3.74. The van der Waals surface area contributed by atoms with Crippen molar-refractivity contribution in [3.8, 4) is 5.69 Å². The second kappa shape index (κ2) is 7.59. The zero-order valence-electron chi connectivity index (χ0n) is 16.9. The predicted molar refractivity (Wildman–Crippen MR) is 115 cm³/mol. The monoisotopic (exact) mass is 404 g/mol. The van der Waals surface area contributed by atoms with Crippen molar-refractivity contribution in [3.63, 3.8) is 0 Å². The molecule has 0 saturated carbocycles. The van der Waals surface area contributed by atoms with E-state index in [2.05, 4.69) is 10.4 Å². The van der Waals surface area contributed by atoms with Crippen LogP contribution in [0.2, 0.25) is 0 Å². The minimum Gasteiger partial charge on any atom is -0.336 e. The van der Waals surface area contributed by atoms with Gasteiger partial charge in [-0.05, 0) is 51.1 Å². The number of para-hydroxylation sites is 1. The lowest BCUT2D eigenvalue weighted by atomic mass is 10.2. The van der Waals surface area contributed by atoms with Gasteiger partial charge < -0.3 is 9.88 Å². The van der Waals surface area contributed by atoms with E-state index in [-0.39, 0.29) is 11.5 Å². The van der Waals surface area contributed by atoms with Crippen molar-refractivity contribution < 1.29 is 9.18 Å². The highest BCUT2D eigenvalue weighted by Crippen LogP contribution is 2.27. The minimum atomic E-state index is -0.606. The van der Waals surface area contributed by atoms with Gasteiger partial charge in [0.05, 0.1) is 17.3 Å². The first-order valence-electron chi connectivity index (χ1n) is 9.59. The molecule has 0 aliphatic heterocycles. The second-order valence-corrected chi connectivity index (χ2v) is 7.20. The Bertz CT molecular complexity index is 1310. The summed E-state index contributed by atoms with van der Waals surface area (Å²) in [6.45, 7) is 5.42. The van der Waals surface area contributed by atoms with Gasteiger partial charge in [-0.25, -0.2) is 4.39 Å². The number of benzene rings is 2. The van der Waals surface area contributed by atoms with Crippen molar-refractivity contribution in [1.29, 1.82) is 0 Å². The first-order chi connectivity index (χ1) is 14.4. The molecule has 0 radical (unpaired) electrons. The highest BCUT2D eigenvalue weighted by atomic mass is 19.1. The Kier molecular flexibility index (Phi) is 4.95. The van der Waals surface area contributed by atoms with Gasteiger partial charge in [0.15, 0.2) is 0 Å². The summed E-state index contributed by atoms with van der Waals surface area (Å²) in [5.74, 6) is -0.726. The summed E-state index contributed by atoms with van der Waals surface area (Å²) in [5, 5.41) is 8.28. The molecule has 0 bridgehead atoms. The number of carbonyl (C=O) groups excluding carboxylic acids is 1. The molecule has 1 amide bonds. The lowest BCUT2D eigenvalue weighted by molar-refractivity contribution is -0.118. The number of amides is 1. The Morgan fingerprint density at radius 1 is 1.07 bits per heavy atom. The summed E-state index contributed by atoms with van der Waals surface area (Å²) < 4.78 is 16.6. The fourth-order valence-electron chi connectivity index (χ4n) is 3.84. The van der Waals surface area contributed by atoms with Gasteiger partial charge in [0.1, 0.15) is 11.9 Å². The molecule has 0 saturated heterocycles. The summed E-state index contributed by atoms with van der Waals surface area (Å²) in [6.07, 6.45) is 1.65. The van der Waals surface area contributed by atoms with Crippen molar-refractivity contribution in [1.82, 2.24) is 14.3 Å². The van der Waals surface area contributed by atoms with Crippen molar-refractivity contribution >= 4 is 22.4 Å². The molecule has 4 rings (SSSR count). The van der Waals surface area contributed by atoms with Crippen LogP contribution >= 0.6 is 0 Å². The molecule has 2 heterocycles. The normalized spacial score (nSPS) is 12.1. The number of nitrogens with zero attached hydrogens (tertiary/aromatic N) is 3. The van der Waals surface area contributed by atoms with Crippen LogP contribution in [-0.4, -0.2) is 20.3 Å². The summed E-state index contributed by atoms with van der Waals surface area (Å²) in [7, 11) is 0. The van der Waals surface area contributed by atoms with Crippen molar-refractivity contribution in [2.24, 2.45) is 0 Å². The molecule has 0 unspecified atom stereocenters. The average Bonchev–Trinajstić information content (AvgIpc) is 2.99. The number of rotatable bonds is 4. The SMILES string of the molecule is Cc1c2cnn(-c3ccccc3)c(=O)c2c(C)n1[C@H](C)C(=O)Nc1cccc(F)c1. The molecule has 0 fully saturated rings. The van der Waals surface area contributed by atoms with Gasteiger partial charge in [0.25, 0.3) is 5.56 Å². The quantitative estimate of drug-likeness (QED) is 0.556. The Morgan fingerprint density at radius 3 is 2.50 bits per heavy atom. The first-order valence-corrected chi connectivity index (χ1v) is 9.59. The molecule has 30 heavy (non-hydrogen) atoms. The van der Waals surface area contributed by atoms with Crippen LogP contribution in [0.4, 0.5) is 10.1 Å². The van der Waals surface area contributed by atoms with Gasteiger partial charge in [-0.1, -0.05) is 24.3 Å². The van der Waals surface area contributed by atoms with E-state index in [4.69, 9.17) is 0 Å². The van der Waals surface area contributed by atoms with E-state index in [0.717, 1.165) is 5.69 Å². The van der Waals surface area contributed by atoms with Gasteiger partial charge in [0.2, 0.25) is 5.91 Å². The zero-order valence-corrected chi connectivity index (χ0v) is 16.9. The predicted octanol–water partition coefficient (Wildman–Crippen LogP) is 4.14. The Balaban J connectivity index is 1.77. The molecule has 7 heteroatoms. The molecule has 2 aromatic carbocycles. The van der Waals surface area contributed by atoms with E-state index in [0.29, 0.717) is 27.8 Å². The fraction of sp³-hybridized carbons (Fsp3) is 0.174. The molecule has 6 nitrogen and oxygen atoms in total. The van der Waals surface area contributed by atoms with E-state index in [1.54, 1.807) is 19.2 Å². The van der Waals surface area contributed by atoms with Crippen LogP contribution in [-0.2, 0) is 4.79 Å². The van der Waals surface area contributed by atoms with Crippen LogP contribution in [0.1, 0.15) is 24.4 Å². The van der Waals surface area contributed by atoms with Gasteiger partial charge in [-0.15, -0.1) is 0 Å². The summed E-state index contributed by atoms with van der Waals surface area (Å²) in [6, 6.07) is 14.3. The van der Waals surface area contributed by atoms with E-state index >= 15 is 0 Å². The van der Waals surface area contributed by atoms with Crippen LogP contribution in [0, 0.1) is 19.7 Å². The largest absolute Gasteiger partial charge is 0.336 e. The van der Waals surface area contributed by atoms with Crippen LogP contribution in [0.15, 0.2) is 65.6 Å². The summed E-state index contributed by atoms with van der Waals surface area (Å²) in [5.41, 5.74) is 2.27. The van der Waals surface area contributed by atoms with Crippen LogP contribution < -0.4 is 10.9 Å². The van der Waals surface area contributed by atoms with Gasteiger partial charge in [-0.2, -0.15) is 9.78 Å². The van der Waals surface area contributed by atoms with E-state index in [1.807, 2.05) is 48.7 Å². The highest BCUT2D eigenvalue weighted by molar-refractivity contribution is 5.95. The number of halogens is 1. The molecule has 1 atom stereocenters. The molecule has 0 aliphatic rings. The third-order valence-corrected chi connectivity index (χ3v) is 5.31.